The van der Waals surface area contributed by atoms with Gasteiger partial charge in [-0.3, -0.25) is 4.98 Å². The molecular weight excluding hydrogens is 164 g/mol. The van der Waals surface area contributed by atoms with Crippen LogP contribution in [0.2, 0.25) is 0 Å². The quantitative estimate of drug-likeness (QED) is 0.736. The fourth-order valence-electron chi connectivity index (χ4n) is 1.38. The maximum atomic E-state index is 9.01. The van der Waals surface area contributed by atoms with Gasteiger partial charge in [0.15, 0.2) is 0 Å². The van der Waals surface area contributed by atoms with E-state index < -0.39 is 0 Å². The molecule has 1 fully saturated rings. The van der Waals surface area contributed by atoms with Crippen LogP contribution in [-0.4, -0.2) is 16.1 Å². The van der Waals surface area contributed by atoms with E-state index in [0.29, 0.717) is 6.04 Å². The molecule has 1 heterocycles. The lowest BCUT2D eigenvalue weighted by Crippen LogP contribution is -2.34. The fraction of sp³-hybridized carbons (Fsp3) is 0.500. The topological polar surface area (TPSA) is 45.1 Å². The van der Waals surface area contributed by atoms with Gasteiger partial charge in [0.2, 0.25) is 0 Å². The van der Waals surface area contributed by atoms with Crippen molar-refractivity contribution in [3.05, 3.63) is 24.0 Å². The summed E-state index contributed by atoms with van der Waals surface area (Å²) in [6.07, 6.45) is 5.41. The minimum Gasteiger partial charge on any atom is -0.506 e. The highest BCUT2D eigenvalue weighted by Gasteiger charge is 2.15. The van der Waals surface area contributed by atoms with Gasteiger partial charge in [-0.2, -0.15) is 0 Å². The van der Waals surface area contributed by atoms with E-state index in [-0.39, 0.29) is 5.75 Å². The van der Waals surface area contributed by atoms with Crippen LogP contribution in [0.4, 0.5) is 0 Å². The standard InChI is InChI=1S/C10H14N2O/c13-10-5-4-9(12-7-10)6-11-8-2-1-3-8/h4-5,7-8,11,13H,1-3,6H2. The van der Waals surface area contributed by atoms with Gasteiger partial charge < -0.3 is 10.4 Å². The molecule has 13 heavy (non-hydrogen) atoms. The van der Waals surface area contributed by atoms with Gasteiger partial charge in [-0.1, -0.05) is 6.42 Å². The third kappa shape index (κ3) is 2.18. The molecule has 0 unspecified atom stereocenters. The predicted molar refractivity (Wildman–Crippen MR) is 50.4 cm³/mol. The van der Waals surface area contributed by atoms with Crippen molar-refractivity contribution in [2.45, 2.75) is 31.8 Å². The summed E-state index contributed by atoms with van der Waals surface area (Å²) < 4.78 is 0. The number of aromatic hydroxyl groups is 1. The molecule has 0 aliphatic heterocycles. The molecule has 70 valence electrons. The zero-order valence-corrected chi connectivity index (χ0v) is 7.53. The number of nitrogens with one attached hydrogen (secondary N) is 1. The van der Waals surface area contributed by atoms with Crippen LogP contribution in [0.3, 0.4) is 0 Å². The minimum atomic E-state index is 0.229. The van der Waals surface area contributed by atoms with E-state index in [1.165, 1.54) is 25.5 Å². The van der Waals surface area contributed by atoms with Gasteiger partial charge in [0.25, 0.3) is 0 Å². The summed E-state index contributed by atoms with van der Waals surface area (Å²) in [4.78, 5) is 4.10. The van der Waals surface area contributed by atoms with Gasteiger partial charge in [-0.15, -0.1) is 0 Å². The summed E-state index contributed by atoms with van der Waals surface area (Å²) in [6.45, 7) is 0.810. The Balaban J connectivity index is 1.83. The highest BCUT2D eigenvalue weighted by atomic mass is 16.3. The van der Waals surface area contributed by atoms with Gasteiger partial charge in [-0.05, 0) is 25.0 Å². The Morgan fingerprint density at radius 3 is 2.85 bits per heavy atom. The van der Waals surface area contributed by atoms with Crippen LogP contribution in [0, 0.1) is 0 Å². The lowest BCUT2D eigenvalue weighted by molar-refractivity contribution is 0.337. The van der Waals surface area contributed by atoms with E-state index in [1.807, 2.05) is 6.07 Å². The molecule has 0 amide bonds. The highest BCUT2D eigenvalue weighted by molar-refractivity contribution is 5.17. The molecule has 1 aliphatic rings. The number of pyridine rings is 1. The van der Waals surface area contributed by atoms with E-state index in [1.54, 1.807) is 6.07 Å². The fourth-order valence-corrected chi connectivity index (χ4v) is 1.38. The molecule has 0 atom stereocenters. The van der Waals surface area contributed by atoms with Crippen molar-refractivity contribution < 1.29 is 5.11 Å². The molecule has 1 aromatic rings. The number of hydrogen-bond acceptors (Lipinski definition) is 3. The lowest BCUT2D eigenvalue weighted by atomic mass is 9.93. The minimum absolute atomic E-state index is 0.229. The van der Waals surface area contributed by atoms with Crippen LogP contribution in [0.1, 0.15) is 25.0 Å². The summed E-state index contributed by atoms with van der Waals surface area (Å²) in [5.41, 5.74) is 0.990. The first-order valence-corrected chi connectivity index (χ1v) is 4.72. The van der Waals surface area contributed by atoms with Crippen molar-refractivity contribution in [1.82, 2.24) is 10.3 Å². The van der Waals surface area contributed by atoms with Crippen LogP contribution in [0.25, 0.3) is 0 Å². The zero-order valence-electron chi connectivity index (χ0n) is 7.53. The second kappa shape index (κ2) is 3.75. The Morgan fingerprint density at radius 2 is 2.31 bits per heavy atom. The molecule has 0 bridgehead atoms. The summed E-state index contributed by atoms with van der Waals surface area (Å²) in [5, 5.41) is 12.4. The Morgan fingerprint density at radius 1 is 1.46 bits per heavy atom. The van der Waals surface area contributed by atoms with Gasteiger partial charge in [-0.25, -0.2) is 0 Å². The third-order valence-electron chi connectivity index (χ3n) is 2.49. The van der Waals surface area contributed by atoms with Crippen LogP contribution in [-0.2, 0) is 6.54 Å². The van der Waals surface area contributed by atoms with Crippen LogP contribution in [0.5, 0.6) is 5.75 Å². The van der Waals surface area contributed by atoms with Crippen molar-refractivity contribution in [3.63, 3.8) is 0 Å². The molecule has 2 N–H and O–H groups in total. The second-order valence-electron chi connectivity index (χ2n) is 3.52. The number of hydrogen-bond donors (Lipinski definition) is 2. The molecule has 0 spiro atoms. The van der Waals surface area contributed by atoms with Gasteiger partial charge in [0, 0.05) is 12.6 Å². The molecule has 0 radical (unpaired) electrons. The molecule has 1 saturated carbocycles. The monoisotopic (exact) mass is 178 g/mol. The SMILES string of the molecule is Oc1ccc(CNC2CCC2)nc1. The van der Waals surface area contributed by atoms with Crippen molar-refractivity contribution in [1.29, 1.82) is 0 Å². The summed E-state index contributed by atoms with van der Waals surface area (Å²) in [7, 11) is 0. The molecule has 3 heteroatoms. The highest BCUT2D eigenvalue weighted by Crippen LogP contribution is 2.18. The Kier molecular flexibility index (Phi) is 2.45. The molecule has 0 aromatic carbocycles. The van der Waals surface area contributed by atoms with Crippen LogP contribution in [0.15, 0.2) is 18.3 Å². The third-order valence-corrected chi connectivity index (χ3v) is 2.49. The first-order chi connectivity index (χ1) is 6.34. The van der Waals surface area contributed by atoms with E-state index >= 15 is 0 Å². The van der Waals surface area contributed by atoms with E-state index in [4.69, 9.17) is 5.11 Å². The van der Waals surface area contributed by atoms with E-state index in [0.717, 1.165) is 12.2 Å². The Labute approximate surface area is 77.8 Å². The van der Waals surface area contributed by atoms with E-state index in [2.05, 4.69) is 10.3 Å². The zero-order chi connectivity index (χ0) is 9.10. The molecule has 1 aliphatic carbocycles. The molecular formula is C10H14N2O. The summed E-state index contributed by atoms with van der Waals surface area (Å²) >= 11 is 0. The van der Waals surface area contributed by atoms with Crippen LogP contribution >= 0.6 is 0 Å². The average molecular weight is 178 g/mol. The first-order valence-electron chi connectivity index (χ1n) is 4.72. The summed E-state index contributed by atoms with van der Waals surface area (Å²) in [6, 6.07) is 4.21. The molecule has 0 saturated heterocycles. The molecule has 2 rings (SSSR count). The van der Waals surface area contributed by atoms with Crippen molar-refractivity contribution >= 4 is 0 Å². The number of nitrogens with zero attached hydrogens (tertiary/aromatic N) is 1. The van der Waals surface area contributed by atoms with Crippen molar-refractivity contribution in [3.8, 4) is 5.75 Å². The Hall–Kier alpha value is -1.09. The molecule has 1 aromatic heterocycles. The predicted octanol–water partition coefficient (Wildman–Crippen LogP) is 1.43. The average Bonchev–Trinajstić information content (AvgIpc) is 2.05. The second-order valence-corrected chi connectivity index (χ2v) is 3.52. The Bertz CT molecular complexity index is 267. The smallest absolute Gasteiger partial charge is 0.133 e. The first kappa shape index (κ1) is 8.51. The molecule has 3 nitrogen and oxygen atoms in total. The van der Waals surface area contributed by atoms with Crippen molar-refractivity contribution in [2.75, 3.05) is 0 Å². The lowest BCUT2D eigenvalue weighted by Gasteiger charge is -2.26. The largest absolute Gasteiger partial charge is 0.506 e. The maximum Gasteiger partial charge on any atom is 0.133 e. The maximum absolute atomic E-state index is 9.01. The normalized spacial score (nSPS) is 16.9. The van der Waals surface area contributed by atoms with Crippen LogP contribution < -0.4 is 5.32 Å². The van der Waals surface area contributed by atoms with E-state index in [9.17, 15) is 0 Å². The van der Waals surface area contributed by atoms with Gasteiger partial charge in [0.1, 0.15) is 5.75 Å². The number of aromatic nitrogens is 1. The van der Waals surface area contributed by atoms with Gasteiger partial charge >= 0.3 is 0 Å². The number of rotatable bonds is 3. The van der Waals surface area contributed by atoms with Crippen molar-refractivity contribution in [2.24, 2.45) is 0 Å². The summed E-state index contributed by atoms with van der Waals surface area (Å²) in [5.74, 6) is 0.229. The van der Waals surface area contributed by atoms with Gasteiger partial charge in [0.05, 0.1) is 11.9 Å².